The molecular weight excluding hydrogens is 344 g/mol. The summed E-state index contributed by atoms with van der Waals surface area (Å²) in [7, 11) is 0. The van der Waals surface area contributed by atoms with Gasteiger partial charge < -0.3 is 10.6 Å². The van der Waals surface area contributed by atoms with E-state index in [-0.39, 0.29) is 18.0 Å². The number of amides is 1. The van der Waals surface area contributed by atoms with Gasteiger partial charge in [0, 0.05) is 22.3 Å². The van der Waals surface area contributed by atoms with Crippen molar-refractivity contribution >= 4 is 33.3 Å². The zero-order chi connectivity index (χ0) is 16.3. The fourth-order valence-corrected chi connectivity index (χ4v) is 2.36. The van der Waals surface area contributed by atoms with Crippen LogP contribution in [-0.2, 0) is 4.79 Å². The van der Waals surface area contributed by atoms with Gasteiger partial charge in [-0.3, -0.25) is 4.79 Å². The van der Waals surface area contributed by atoms with Crippen molar-refractivity contribution in [1.29, 1.82) is 0 Å². The summed E-state index contributed by atoms with van der Waals surface area (Å²) >= 11 is 3.47. The van der Waals surface area contributed by atoms with E-state index in [1.165, 1.54) is 0 Å². The van der Waals surface area contributed by atoms with Crippen molar-refractivity contribution in [2.45, 2.75) is 39.8 Å². The molecule has 1 unspecified atom stereocenters. The van der Waals surface area contributed by atoms with Gasteiger partial charge in [0.2, 0.25) is 5.91 Å². The Labute approximate surface area is 139 Å². The van der Waals surface area contributed by atoms with Crippen molar-refractivity contribution in [3.63, 3.8) is 0 Å². The first-order valence-corrected chi connectivity index (χ1v) is 8.05. The minimum absolute atomic E-state index is 0.0945. The maximum atomic E-state index is 12.3. The third-order valence-electron chi connectivity index (χ3n) is 3.35. The number of aromatic nitrogens is 2. The predicted molar refractivity (Wildman–Crippen MR) is 93.2 cm³/mol. The molecule has 0 aliphatic carbocycles. The fraction of sp³-hybridized carbons (Fsp3) is 0.375. The molecule has 1 amide bonds. The van der Waals surface area contributed by atoms with E-state index >= 15 is 0 Å². The van der Waals surface area contributed by atoms with E-state index in [0.29, 0.717) is 5.82 Å². The smallest absolute Gasteiger partial charge is 0.247 e. The summed E-state index contributed by atoms with van der Waals surface area (Å²) in [5.41, 5.74) is 2.04. The zero-order valence-electron chi connectivity index (χ0n) is 13.2. The maximum absolute atomic E-state index is 12.3. The number of nitrogens with zero attached hydrogens (tertiary/aromatic N) is 2. The highest BCUT2D eigenvalue weighted by Crippen LogP contribution is 2.21. The van der Waals surface area contributed by atoms with Crippen LogP contribution >= 0.6 is 15.9 Å². The Hall–Kier alpha value is -1.82. The Bertz CT molecular complexity index is 666. The lowest BCUT2D eigenvalue weighted by atomic mass is 10.2. The molecule has 0 saturated heterocycles. The number of aryl methyl sites for hydroxylation is 1. The van der Waals surface area contributed by atoms with Crippen molar-refractivity contribution in [1.82, 2.24) is 9.78 Å². The summed E-state index contributed by atoms with van der Waals surface area (Å²) in [6.45, 7) is 7.90. The third kappa shape index (κ3) is 3.88. The second-order valence-electron chi connectivity index (χ2n) is 5.57. The van der Waals surface area contributed by atoms with Gasteiger partial charge in [-0.25, -0.2) is 4.68 Å². The molecule has 1 heterocycles. The van der Waals surface area contributed by atoms with Crippen LogP contribution in [0.4, 0.5) is 11.5 Å². The van der Waals surface area contributed by atoms with Gasteiger partial charge in [-0.1, -0.05) is 15.9 Å². The number of carbonyl (C=O) groups excluding carboxylic acids is 1. The zero-order valence-corrected chi connectivity index (χ0v) is 14.8. The quantitative estimate of drug-likeness (QED) is 0.843. The van der Waals surface area contributed by atoms with E-state index in [9.17, 15) is 4.79 Å². The average Bonchev–Trinajstić information content (AvgIpc) is 2.91. The van der Waals surface area contributed by atoms with Crippen LogP contribution in [-0.4, -0.2) is 21.7 Å². The van der Waals surface area contributed by atoms with Crippen LogP contribution < -0.4 is 10.6 Å². The van der Waals surface area contributed by atoms with Crippen LogP contribution in [0.1, 0.15) is 32.4 Å². The SMILES string of the molecule is Cc1cc(NC(C)C(=O)Nc2ccnn2C(C)C)ccc1Br. The van der Waals surface area contributed by atoms with Gasteiger partial charge >= 0.3 is 0 Å². The fourth-order valence-electron chi connectivity index (χ4n) is 2.11. The Morgan fingerprint density at radius 1 is 1.27 bits per heavy atom. The van der Waals surface area contributed by atoms with Crippen LogP contribution in [0.2, 0.25) is 0 Å². The first-order chi connectivity index (χ1) is 10.4. The lowest BCUT2D eigenvalue weighted by Gasteiger charge is -2.17. The van der Waals surface area contributed by atoms with E-state index in [2.05, 4.69) is 31.7 Å². The highest BCUT2D eigenvalue weighted by Gasteiger charge is 2.16. The summed E-state index contributed by atoms with van der Waals surface area (Å²) in [4.78, 5) is 12.3. The Morgan fingerprint density at radius 2 is 2.00 bits per heavy atom. The van der Waals surface area contributed by atoms with Crippen LogP contribution in [0, 0.1) is 6.92 Å². The van der Waals surface area contributed by atoms with Crippen molar-refractivity contribution < 1.29 is 4.79 Å². The van der Waals surface area contributed by atoms with E-state index < -0.39 is 0 Å². The molecule has 2 N–H and O–H groups in total. The van der Waals surface area contributed by atoms with E-state index in [0.717, 1.165) is 15.7 Å². The molecule has 5 nitrogen and oxygen atoms in total. The summed E-state index contributed by atoms with van der Waals surface area (Å²) in [5, 5.41) is 10.3. The van der Waals surface area contributed by atoms with Gasteiger partial charge in [0.15, 0.2) is 0 Å². The highest BCUT2D eigenvalue weighted by atomic mass is 79.9. The molecule has 0 aliphatic rings. The summed E-state index contributed by atoms with van der Waals surface area (Å²) in [6.07, 6.45) is 1.69. The number of benzene rings is 1. The van der Waals surface area contributed by atoms with Crippen molar-refractivity contribution in [2.75, 3.05) is 10.6 Å². The summed E-state index contributed by atoms with van der Waals surface area (Å²) < 4.78 is 2.84. The van der Waals surface area contributed by atoms with Crippen LogP contribution in [0.15, 0.2) is 34.9 Å². The van der Waals surface area contributed by atoms with E-state index in [1.54, 1.807) is 16.9 Å². The molecule has 0 aliphatic heterocycles. The molecule has 1 atom stereocenters. The van der Waals surface area contributed by atoms with Gasteiger partial charge in [-0.2, -0.15) is 5.10 Å². The maximum Gasteiger partial charge on any atom is 0.247 e. The van der Waals surface area contributed by atoms with Gasteiger partial charge in [-0.05, 0) is 51.5 Å². The van der Waals surface area contributed by atoms with E-state index in [4.69, 9.17) is 0 Å². The lowest BCUT2D eigenvalue weighted by molar-refractivity contribution is -0.116. The van der Waals surface area contributed by atoms with Crippen molar-refractivity contribution in [3.8, 4) is 0 Å². The average molecular weight is 365 g/mol. The highest BCUT2D eigenvalue weighted by molar-refractivity contribution is 9.10. The topological polar surface area (TPSA) is 59.0 Å². The number of rotatable bonds is 5. The molecule has 0 bridgehead atoms. The predicted octanol–water partition coefficient (Wildman–Crippen LogP) is 3.97. The lowest BCUT2D eigenvalue weighted by Crippen LogP contribution is -2.32. The number of halogens is 1. The number of hydrogen-bond donors (Lipinski definition) is 2. The minimum Gasteiger partial charge on any atom is -0.374 e. The molecule has 0 radical (unpaired) electrons. The Kier molecular flexibility index (Phi) is 5.24. The van der Waals surface area contributed by atoms with Gasteiger partial charge in [-0.15, -0.1) is 0 Å². The third-order valence-corrected chi connectivity index (χ3v) is 4.23. The molecule has 2 rings (SSSR count). The molecule has 0 saturated carbocycles. The van der Waals surface area contributed by atoms with Gasteiger partial charge in [0.1, 0.15) is 11.9 Å². The summed E-state index contributed by atoms with van der Waals surface area (Å²) in [6, 6.07) is 7.56. The largest absolute Gasteiger partial charge is 0.374 e. The van der Waals surface area contributed by atoms with Gasteiger partial charge in [0.25, 0.3) is 0 Å². The molecule has 22 heavy (non-hydrogen) atoms. The normalized spacial score (nSPS) is 12.3. The molecule has 1 aromatic carbocycles. The molecular formula is C16H21BrN4O. The summed E-state index contributed by atoms with van der Waals surface area (Å²) in [5.74, 6) is 0.614. The number of carbonyl (C=O) groups is 1. The van der Waals surface area contributed by atoms with Crippen LogP contribution in [0.3, 0.4) is 0 Å². The molecule has 118 valence electrons. The molecule has 1 aromatic heterocycles. The second kappa shape index (κ2) is 6.96. The minimum atomic E-state index is -0.351. The van der Waals surface area contributed by atoms with E-state index in [1.807, 2.05) is 45.9 Å². The Balaban J connectivity index is 2.02. The van der Waals surface area contributed by atoms with Gasteiger partial charge in [0.05, 0.1) is 6.20 Å². The number of hydrogen-bond acceptors (Lipinski definition) is 3. The van der Waals surface area contributed by atoms with Crippen LogP contribution in [0.5, 0.6) is 0 Å². The number of nitrogens with one attached hydrogen (secondary N) is 2. The molecule has 6 heteroatoms. The molecule has 2 aromatic rings. The molecule has 0 spiro atoms. The molecule has 0 fully saturated rings. The van der Waals surface area contributed by atoms with Crippen LogP contribution in [0.25, 0.3) is 0 Å². The standard InChI is InChI=1S/C16H21BrN4O/c1-10(2)21-15(7-8-18-21)20-16(22)12(4)19-13-5-6-14(17)11(3)9-13/h5-10,12,19H,1-4H3,(H,20,22). The van der Waals surface area contributed by atoms with Crippen molar-refractivity contribution in [2.24, 2.45) is 0 Å². The first kappa shape index (κ1) is 16.5. The monoisotopic (exact) mass is 364 g/mol. The Morgan fingerprint density at radius 3 is 2.64 bits per heavy atom. The number of anilines is 2. The van der Waals surface area contributed by atoms with Crippen molar-refractivity contribution in [3.05, 3.63) is 40.5 Å². The first-order valence-electron chi connectivity index (χ1n) is 7.25. The second-order valence-corrected chi connectivity index (χ2v) is 6.43.